The SMILES string of the molecule is CCCN1C(=O)NC(c2ccc(NC(=O)Nc3ccc(F)c(F)c3)cc2)C(C(=O)OC)=C1C. The fraction of sp³-hybridized carbons (Fsp3) is 0.261. The number of halogens is 2. The first kappa shape index (κ1) is 23.7. The summed E-state index contributed by atoms with van der Waals surface area (Å²) >= 11 is 0. The van der Waals surface area contributed by atoms with Crippen molar-refractivity contribution in [2.24, 2.45) is 0 Å². The number of ether oxygens (including phenoxy) is 1. The third-order valence-electron chi connectivity index (χ3n) is 5.13. The minimum Gasteiger partial charge on any atom is -0.466 e. The highest BCUT2D eigenvalue weighted by Gasteiger charge is 2.35. The van der Waals surface area contributed by atoms with E-state index in [2.05, 4.69) is 16.0 Å². The molecule has 1 heterocycles. The minimum absolute atomic E-state index is 0.0907. The lowest BCUT2D eigenvalue weighted by Gasteiger charge is -2.35. The molecule has 3 N–H and O–H groups in total. The maximum atomic E-state index is 13.3. The number of esters is 1. The van der Waals surface area contributed by atoms with Gasteiger partial charge in [0.05, 0.1) is 18.7 Å². The van der Waals surface area contributed by atoms with Gasteiger partial charge < -0.3 is 20.7 Å². The highest BCUT2D eigenvalue weighted by molar-refractivity contribution is 6.00. The molecule has 0 aliphatic carbocycles. The minimum atomic E-state index is -1.08. The van der Waals surface area contributed by atoms with Crippen molar-refractivity contribution in [2.45, 2.75) is 26.3 Å². The number of anilines is 2. The lowest BCUT2D eigenvalue weighted by molar-refractivity contribution is -0.136. The molecule has 0 radical (unpaired) electrons. The van der Waals surface area contributed by atoms with Crippen LogP contribution < -0.4 is 16.0 Å². The number of carbonyl (C=O) groups is 3. The molecule has 0 bridgehead atoms. The maximum Gasteiger partial charge on any atom is 0.337 e. The van der Waals surface area contributed by atoms with Gasteiger partial charge in [-0.05, 0) is 43.2 Å². The number of hydrogen-bond donors (Lipinski definition) is 3. The molecule has 1 aliphatic rings. The predicted molar refractivity (Wildman–Crippen MR) is 118 cm³/mol. The number of benzene rings is 2. The van der Waals surface area contributed by atoms with E-state index in [0.717, 1.165) is 18.6 Å². The highest BCUT2D eigenvalue weighted by atomic mass is 19.2. The average molecular weight is 458 g/mol. The summed E-state index contributed by atoms with van der Waals surface area (Å²) < 4.78 is 31.2. The van der Waals surface area contributed by atoms with Crippen molar-refractivity contribution in [3.8, 4) is 0 Å². The molecule has 0 aromatic heterocycles. The van der Waals surface area contributed by atoms with Crippen molar-refractivity contribution in [1.82, 2.24) is 10.2 Å². The standard InChI is InChI=1S/C23H24F2N4O4/c1-4-11-29-13(2)19(21(30)33-3)20(28-23(29)32)14-5-7-15(8-6-14)26-22(31)27-16-9-10-17(24)18(25)12-16/h5-10,12,20H,4,11H2,1-3H3,(H,28,32)(H2,26,27,31). The Labute approximate surface area is 189 Å². The largest absolute Gasteiger partial charge is 0.466 e. The molecule has 1 aliphatic heterocycles. The van der Waals surface area contributed by atoms with Crippen LogP contribution in [0.4, 0.5) is 29.7 Å². The van der Waals surface area contributed by atoms with Gasteiger partial charge in [0.1, 0.15) is 0 Å². The van der Waals surface area contributed by atoms with E-state index in [9.17, 15) is 23.2 Å². The molecule has 2 aromatic rings. The van der Waals surface area contributed by atoms with Gasteiger partial charge in [0.25, 0.3) is 0 Å². The van der Waals surface area contributed by atoms with E-state index in [1.807, 2.05) is 6.92 Å². The van der Waals surface area contributed by atoms with Gasteiger partial charge in [0.15, 0.2) is 11.6 Å². The average Bonchev–Trinajstić information content (AvgIpc) is 2.78. The molecule has 10 heteroatoms. The Morgan fingerprint density at radius 3 is 2.30 bits per heavy atom. The van der Waals surface area contributed by atoms with Crippen molar-refractivity contribution >= 4 is 29.4 Å². The second-order valence-electron chi connectivity index (χ2n) is 7.35. The van der Waals surface area contributed by atoms with Crippen LogP contribution in [0.25, 0.3) is 0 Å². The van der Waals surface area contributed by atoms with Gasteiger partial charge in [-0.2, -0.15) is 0 Å². The number of carbonyl (C=O) groups excluding carboxylic acids is 3. The molecule has 3 rings (SSSR count). The van der Waals surface area contributed by atoms with Gasteiger partial charge in [-0.3, -0.25) is 4.90 Å². The number of urea groups is 2. The monoisotopic (exact) mass is 458 g/mol. The van der Waals surface area contributed by atoms with E-state index in [0.29, 0.717) is 29.1 Å². The van der Waals surface area contributed by atoms with Crippen LogP contribution in [-0.4, -0.2) is 36.6 Å². The fourth-order valence-electron chi connectivity index (χ4n) is 3.52. The van der Waals surface area contributed by atoms with Crippen molar-refractivity contribution in [3.05, 3.63) is 70.9 Å². The fourth-order valence-corrected chi connectivity index (χ4v) is 3.52. The highest BCUT2D eigenvalue weighted by Crippen LogP contribution is 2.32. The molecular weight excluding hydrogens is 434 g/mol. The van der Waals surface area contributed by atoms with E-state index in [-0.39, 0.29) is 11.7 Å². The first-order valence-electron chi connectivity index (χ1n) is 10.2. The van der Waals surface area contributed by atoms with E-state index < -0.39 is 29.7 Å². The van der Waals surface area contributed by atoms with Crippen molar-refractivity contribution in [1.29, 1.82) is 0 Å². The molecule has 174 valence electrons. The van der Waals surface area contributed by atoms with E-state index in [4.69, 9.17) is 4.74 Å². The first-order valence-corrected chi connectivity index (χ1v) is 10.2. The summed E-state index contributed by atoms with van der Waals surface area (Å²) in [4.78, 5) is 38.7. The zero-order valence-electron chi connectivity index (χ0n) is 18.4. The molecule has 4 amide bonds. The second kappa shape index (κ2) is 10.1. The van der Waals surface area contributed by atoms with Gasteiger partial charge in [-0.25, -0.2) is 23.2 Å². The van der Waals surface area contributed by atoms with Gasteiger partial charge in [-0.15, -0.1) is 0 Å². The molecule has 0 fully saturated rings. The summed E-state index contributed by atoms with van der Waals surface area (Å²) in [5, 5.41) is 7.81. The summed E-state index contributed by atoms with van der Waals surface area (Å²) in [6.45, 7) is 4.09. The quantitative estimate of drug-likeness (QED) is 0.554. The van der Waals surface area contributed by atoms with Crippen LogP contribution in [0, 0.1) is 11.6 Å². The van der Waals surface area contributed by atoms with E-state index in [1.54, 1.807) is 31.2 Å². The maximum absolute atomic E-state index is 13.3. The Balaban J connectivity index is 1.77. The topological polar surface area (TPSA) is 99.8 Å². The Kier molecular flexibility index (Phi) is 7.27. The molecule has 0 saturated heterocycles. The Hall–Kier alpha value is -3.95. The molecule has 33 heavy (non-hydrogen) atoms. The number of nitrogens with one attached hydrogen (secondary N) is 3. The van der Waals surface area contributed by atoms with Crippen LogP contribution >= 0.6 is 0 Å². The van der Waals surface area contributed by atoms with Crippen molar-refractivity contribution in [3.63, 3.8) is 0 Å². The lowest BCUT2D eigenvalue weighted by Crippen LogP contribution is -2.48. The van der Waals surface area contributed by atoms with Crippen molar-refractivity contribution in [2.75, 3.05) is 24.3 Å². The van der Waals surface area contributed by atoms with Crippen LogP contribution in [-0.2, 0) is 9.53 Å². The summed E-state index contributed by atoms with van der Waals surface area (Å²) in [7, 11) is 1.28. The van der Waals surface area contributed by atoms with Crippen LogP contribution in [0.3, 0.4) is 0 Å². The number of nitrogens with zero attached hydrogens (tertiary/aromatic N) is 1. The molecular formula is C23H24F2N4O4. The number of methoxy groups -OCH3 is 1. The Morgan fingerprint density at radius 1 is 1.06 bits per heavy atom. The van der Waals surface area contributed by atoms with E-state index in [1.165, 1.54) is 18.1 Å². The van der Waals surface area contributed by atoms with Crippen LogP contribution in [0.2, 0.25) is 0 Å². The van der Waals surface area contributed by atoms with Gasteiger partial charge >= 0.3 is 18.0 Å². The van der Waals surface area contributed by atoms with Crippen molar-refractivity contribution < 1.29 is 27.9 Å². The van der Waals surface area contributed by atoms with Crippen LogP contribution in [0.1, 0.15) is 31.9 Å². The summed E-state index contributed by atoms with van der Waals surface area (Å²) in [6.07, 6.45) is 0.719. The molecule has 2 aromatic carbocycles. The second-order valence-corrected chi connectivity index (χ2v) is 7.35. The summed E-state index contributed by atoms with van der Waals surface area (Å²) in [5.74, 6) is -2.64. The van der Waals surface area contributed by atoms with Gasteiger partial charge in [0.2, 0.25) is 0 Å². The summed E-state index contributed by atoms with van der Waals surface area (Å²) in [5.41, 5.74) is 1.96. The number of rotatable bonds is 6. The number of hydrogen-bond acceptors (Lipinski definition) is 4. The van der Waals surface area contributed by atoms with Gasteiger partial charge in [0, 0.05) is 29.7 Å². The van der Waals surface area contributed by atoms with Crippen LogP contribution in [0.5, 0.6) is 0 Å². The smallest absolute Gasteiger partial charge is 0.337 e. The third-order valence-corrected chi connectivity index (χ3v) is 5.13. The zero-order valence-corrected chi connectivity index (χ0v) is 18.4. The molecule has 0 saturated carbocycles. The zero-order chi connectivity index (χ0) is 24.1. The van der Waals surface area contributed by atoms with Crippen LogP contribution in [0.15, 0.2) is 53.7 Å². The predicted octanol–water partition coefficient (Wildman–Crippen LogP) is 4.53. The Morgan fingerprint density at radius 2 is 1.70 bits per heavy atom. The van der Waals surface area contributed by atoms with Gasteiger partial charge in [-0.1, -0.05) is 19.1 Å². The molecule has 0 spiro atoms. The van der Waals surface area contributed by atoms with E-state index >= 15 is 0 Å². The molecule has 1 atom stereocenters. The lowest BCUT2D eigenvalue weighted by atomic mass is 9.94. The number of amides is 4. The Bertz CT molecular complexity index is 1100. The normalized spacial score (nSPS) is 15.7. The molecule has 8 nitrogen and oxygen atoms in total. The summed E-state index contributed by atoms with van der Waals surface area (Å²) in [6, 6.07) is 7.82. The number of allylic oxidation sites excluding steroid dienone is 1. The third kappa shape index (κ3) is 5.28. The first-order chi connectivity index (χ1) is 15.7. The molecule has 1 unspecified atom stereocenters.